The highest BCUT2D eigenvalue weighted by Gasteiger charge is 2.51. The number of hydrogen-bond acceptors (Lipinski definition) is 7. The fourth-order valence-electron chi connectivity index (χ4n) is 11.3. The van der Waals surface area contributed by atoms with Crippen molar-refractivity contribution in [1.82, 2.24) is 0 Å². The van der Waals surface area contributed by atoms with E-state index in [1.165, 1.54) is 43.2 Å². The molecule has 3 aliphatic heterocycles. The maximum atomic E-state index is 7.37. The van der Waals surface area contributed by atoms with Gasteiger partial charge in [0.15, 0.2) is 5.75 Å². The van der Waals surface area contributed by atoms with Gasteiger partial charge in [-0.1, -0.05) is 169 Å². The molecule has 7 heteroatoms. The second-order valence-electron chi connectivity index (χ2n) is 17.9. The zero-order chi connectivity index (χ0) is 45.9. The zero-order valence-corrected chi connectivity index (χ0v) is 39.8. The van der Waals surface area contributed by atoms with Crippen LogP contribution in [0.3, 0.4) is 0 Å². The number of rotatable bonds is 4. The summed E-state index contributed by atoms with van der Waals surface area (Å²) in [5.41, 5.74) is 15.4. The van der Waals surface area contributed by atoms with Gasteiger partial charge in [-0.3, -0.25) is 0 Å². The molecule has 0 atom stereocenters. The van der Waals surface area contributed by atoms with Crippen LogP contribution in [0.5, 0.6) is 23.0 Å². The van der Waals surface area contributed by atoms with Crippen LogP contribution in [0.4, 0.5) is 34.1 Å². The van der Waals surface area contributed by atoms with Gasteiger partial charge >= 0.3 is 0 Å². The molecule has 10 aromatic carbocycles. The number of benzene rings is 10. The van der Waals surface area contributed by atoms with Crippen molar-refractivity contribution in [3.63, 3.8) is 0 Å². The third kappa shape index (κ3) is 5.89. The first-order valence-electron chi connectivity index (χ1n) is 23.5. The minimum Gasteiger partial charge on any atom is -0.455 e. The average molecular weight is 951 g/mol. The maximum Gasteiger partial charge on any atom is 0.151 e. The minimum absolute atomic E-state index is 0.745. The second-order valence-corrected chi connectivity index (χ2v) is 21.2. The summed E-state index contributed by atoms with van der Waals surface area (Å²) in [6, 6.07) is 79.2. The van der Waals surface area contributed by atoms with Crippen molar-refractivity contribution in [3.8, 4) is 34.1 Å². The van der Waals surface area contributed by atoms with Gasteiger partial charge in [0.2, 0.25) is 0 Å². The van der Waals surface area contributed by atoms with Crippen LogP contribution in [-0.2, 0) is 5.41 Å². The SMILES string of the molecule is C1=Cc2c(cc(N3c4ccccc4Sc4cc(N(c5ccccc5)c5ccccc5)ccc43)c3c2Oc2ccccc2S3)C2(c3cc4c(cc31)Oc1ccccc1S4)c1ccccc1-c1ccccc12. The van der Waals surface area contributed by atoms with Gasteiger partial charge in [-0.2, -0.15) is 0 Å². The molecule has 5 aliphatic rings. The van der Waals surface area contributed by atoms with Gasteiger partial charge < -0.3 is 19.3 Å². The minimum atomic E-state index is -0.745. The van der Waals surface area contributed by atoms with Gasteiger partial charge in [-0.15, -0.1) is 0 Å². The first kappa shape index (κ1) is 40.1. The van der Waals surface area contributed by atoms with Crippen LogP contribution in [0.25, 0.3) is 23.3 Å². The van der Waals surface area contributed by atoms with Gasteiger partial charge in [0.25, 0.3) is 0 Å². The lowest BCUT2D eigenvalue weighted by atomic mass is 9.65. The molecule has 0 aromatic heterocycles. The summed E-state index contributed by atoms with van der Waals surface area (Å²) in [5, 5.41) is 0. The second kappa shape index (κ2) is 15.6. The van der Waals surface area contributed by atoms with E-state index >= 15 is 0 Å². The Bertz CT molecular complexity index is 3770. The third-order valence-electron chi connectivity index (χ3n) is 14.2. The fourth-order valence-corrected chi connectivity index (χ4v) is 14.4. The van der Waals surface area contributed by atoms with E-state index in [9.17, 15) is 0 Å². The van der Waals surface area contributed by atoms with Gasteiger partial charge in [-0.05, 0) is 136 Å². The Balaban J connectivity index is 1.02. The molecule has 0 bridgehead atoms. The molecule has 0 fully saturated rings. The molecule has 2 aliphatic carbocycles. The van der Waals surface area contributed by atoms with E-state index in [1.54, 1.807) is 23.5 Å². The van der Waals surface area contributed by atoms with Crippen molar-refractivity contribution >= 4 is 81.6 Å². The molecule has 4 nitrogen and oxygen atoms in total. The maximum absolute atomic E-state index is 7.37. The molecule has 3 heterocycles. The monoisotopic (exact) mass is 950 g/mol. The lowest BCUT2D eigenvalue weighted by molar-refractivity contribution is 0.451. The molecule has 15 rings (SSSR count). The average Bonchev–Trinajstić information content (AvgIpc) is 3.63. The Morgan fingerprint density at radius 2 is 0.957 bits per heavy atom. The molecule has 0 saturated carbocycles. The Kier molecular flexibility index (Phi) is 8.94. The van der Waals surface area contributed by atoms with E-state index in [4.69, 9.17) is 9.47 Å². The summed E-state index contributed by atoms with van der Waals surface area (Å²) >= 11 is 5.41. The van der Waals surface area contributed by atoms with Crippen LogP contribution >= 0.6 is 35.3 Å². The molecule has 10 aromatic rings. The summed E-state index contributed by atoms with van der Waals surface area (Å²) < 4.78 is 14.1. The highest BCUT2D eigenvalue weighted by molar-refractivity contribution is 8.00. The molecule has 0 saturated heterocycles. The number of hydrogen-bond donors (Lipinski definition) is 0. The van der Waals surface area contributed by atoms with E-state index in [2.05, 4.69) is 234 Å². The number of fused-ring (bicyclic) bond motifs is 16. The predicted molar refractivity (Wildman–Crippen MR) is 287 cm³/mol. The summed E-state index contributed by atoms with van der Waals surface area (Å²) in [5.74, 6) is 3.47. The van der Waals surface area contributed by atoms with Crippen molar-refractivity contribution < 1.29 is 9.47 Å². The predicted octanol–water partition coefficient (Wildman–Crippen LogP) is 18.5. The van der Waals surface area contributed by atoms with Crippen LogP contribution in [0.2, 0.25) is 0 Å². The Morgan fingerprint density at radius 3 is 1.69 bits per heavy atom. The summed E-state index contributed by atoms with van der Waals surface area (Å²) in [4.78, 5) is 11.6. The van der Waals surface area contributed by atoms with Crippen molar-refractivity contribution in [1.29, 1.82) is 0 Å². The molecule has 0 N–H and O–H groups in total. The molecule has 1 spiro atoms. The number of para-hydroxylation sites is 5. The normalized spacial score (nSPS) is 14.4. The van der Waals surface area contributed by atoms with E-state index in [0.29, 0.717) is 0 Å². The van der Waals surface area contributed by atoms with Gasteiger partial charge in [0.05, 0.1) is 42.1 Å². The number of ether oxygens (including phenoxy) is 2. The summed E-state index contributed by atoms with van der Waals surface area (Å²) in [7, 11) is 0. The Hall–Kier alpha value is -7.81. The molecular weight excluding hydrogens is 913 g/mol. The van der Waals surface area contributed by atoms with E-state index in [1.807, 2.05) is 17.8 Å². The lowest BCUT2D eigenvalue weighted by Gasteiger charge is -2.40. The zero-order valence-electron chi connectivity index (χ0n) is 37.4. The summed E-state index contributed by atoms with van der Waals surface area (Å²) in [6.07, 6.45) is 4.60. The van der Waals surface area contributed by atoms with Gasteiger partial charge in [-0.25, -0.2) is 0 Å². The summed E-state index contributed by atoms with van der Waals surface area (Å²) in [6.45, 7) is 0. The van der Waals surface area contributed by atoms with Crippen molar-refractivity contribution in [2.75, 3.05) is 9.80 Å². The highest BCUT2D eigenvalue weighted by atomic mass is 32.2. The largest absolute Gasteiger partial charge is 0.455 e. The van der Waals surface area contributed by atoms with Crippen LogP contribution in [0, 0.1) is 0 Å². The first-order valence-corrected chi connectivity index (χ1v) is 25.9. The molecular formula is C63H38N2O2S3. The van der Waals surface area contributed by atoms with Crippen molar-refractivity contribution in [3.05, 3.63) is 252 Å². The van der Waals surface area contributed by atoms with Crippen LogP contribution in [-0.4, -0.2) is 0 Å². The van der Waals surface area contributed by atoms with Crippen molar-refractivity contribution in [2.45, 2.75) is 34.8 Å². The van der Waals surface area contributed by atoms with Crippen molar-refractivity contribution in [2.24, 2.45) is 0 Å². The molecule has 330 valence electrons. The quantitative estimate of drug-likeness (QED) is 0.173. The first-order chi connectivity index (χ1) is 34.7. The smallest absolute Gasteiger partial charge is 0.151 e. The fraction of sp³-hybridized carbons (Fsp3) is 0.0159. The molecule has 70 heavy (non-hydrogen) atoms. The Labute approximate surface area is 418 Å². The topological polar surface area (TPSA) is 24.9 Å². The standard InChI is InChI=1S/C63H38N2O2S3/c1-3-17-40(18-4-1)64(41-19-5-2-6-20-41)42-32-34-51-59(36-42)68-56-28-14-11-25-50(56)65(51)52-37-49-45(61-62(52)70-58-30-16-13-27-54(58)67-61)33-31-39-35-55-60(69-57-29-15-12-26-53(57)66-55)38-48(39)63(49)46-23-9-7-21-43(46)44-22-8-10-24-47(44)63/h1-38H. The molecule has 0 amide bonds. The van der Waals surface area contributed by atoms with Crippen LogP contribution in [0.15, 0.2) is 248 Å². The lowest BCUT2D eigenvalue weighted by Crippen LogP contribution is -2.31. The van der Waals surface area contributed by atoms with E-state index in [0.717, 1.165) is 87.8 Å². The Morgan fingerprint density at radius 1 is 0.371 bits per heavy atom. The van der Waals surface area contributed by atoms with Crippen LogP contribution in [0.1, 0.15) is 33.4 Å². The van der Waals surface area contributed by atoms with Gasteiger partial charge in [0.1, 0.15) is 17.2 Å². The third-order valence-corrected chi connectivity index (χ3v) is 17.5. The van der Waals surface area contributed by atoms with Gasteiger partial charge in [0, 0.05) is 32.4 Å². The number of nitrogens with zero attached hydrogens (tertiary/aromatic N) is 2. The number of anilines is 6. The molecule has 0 unspecified atom stereocenters. The van der Waals surface area contributed by atoms with E-state index < -0.39 is 5.41 Å². The van der Waals surface area contributed by atoms with Crippen LogP contribution < -0.4 is 19.3 Å². The highest BCUT2D eigenvalue weighted by Crippen LogP contribution is 2.66. The molecule has 0 radical (unpaired) electrons. The van der Waals surface area contributed by atoms with E-state index in [-0.39, 0.29) is 0 Å².